The van der Waals surface area contributed by atoms with Crippen LogP contribution in [0.15, 0.2) is 231 Å². The van der Waals surface area contributed by atoms with Crippen molar-refractivity contribution in [2.24, 2.45) is 0 Å². The van der Waals surface area contributed by atoms with E-state index in [0.29, 0.717) is 0 Å². The predicted molar refractivity (Wildman–Crippen MR) is 238 cm³/mol. The van der Waals surface area contributed by atoms with E-state index in [1.807, 2.05) is 0 Å². The third-order valence-electron chi connectivity index (χ3n) is 11.9. The monoisotopic (exact) mass is 726 g/mol. The molecule has 9 aromatic rings. The first-order valence-corrected chi connectivity index (χ1v) is 19.7. The number of nitrogens with zero attached hydrogens (tertiary/aromatic N) is 2. The molecule has 268 valence electrons. The molecule has 0 fully saturated rings. The van der Waals surface area contributed by atoms with Crippen LogP contribution in [0.2, 0.25) is 0 Å². The second kappa shape index (κ2) is 13.4. The Labute approximate surface area is 334 Å². The summed E-state index contributed by atoms with van der Waals surface area (Å²) in [7, 11) is 0. The van der Waals surface area contributed by atoms with Crippen LogP contribution in [0.1, 0.15) is 22.3 Å². The molecule has 0 saturated heterocycles. The second-order valence-electron chi connectivity index (χ2n) is 14.9. The normalized spacial score (nSPS) is 13.0. The molecule has 2 heteroatoms. The molecule has 9 aromatic carbocycles. The highest BCUT2D eigenvalue weighted by Gasteiger charge is 2.53. The highest BCUT2D eigenvalue weighted by Crippen LogP contribution is 2.65. The molecular formula is C55H38N2. The molecule has 0 N–H and O–H groups in total. The van der Waals surface area contributed by atoms with E-state index in [0.717, 1.165) is 22.7 Å². The third kappa shape index (κ3) is 5.11. The Bertz CT molecular complexity index is 2830. The lowest BCUT2D eigenvalue weighted by Gasteiger charge is -2.46. The molecular weight excluding hydrogens is 689 g/mol. The number of anilines is 6. The number of fused-ring (bicyclic) bond motifs is 9. The fourth-order valence-corrected chi connectivity index (χ4v) is 9.48. The van der Waals surface area contributed by atoms with Gasteiger partial charge in [-0.15, -0.1) is 0 Å². The molecule has 2 nitrogen and oxygen atoms in total. The van der Waals surface area contributed by atoms with Gasteiger partial charge >= 0.3 is 0 Å². The van der Waals surface area contributed by atoms with Gasteiger partial charge in [0.2, 0.25) is 0 Å². The Morgan fingerprint density at radius 2 is 0.754 bits per heavy atom. The fraction of sp³-hybridized carbons (Fsp3) is 0.0182. The summed E-state index contributed by atoms with van der Waals surface area (Å²) < 4.78 is 0. The molecule has 0 atom stereocenters. The lowest BCUT2D eigenvalue weighted by Crippen LogP contribution is -2.37. The van der Waals surface area contributed by atoms with Crippen LogP contribution in [0.5, 0.6) is 0 Å². The maximum absolute atomic E-state index is 2.46. The van der Waals surface area contributed by atoms with E-state index in [4.69, 9.17) is 0 Å². The predicted octanol–water partition coefficient (Wildman–Crippen LogP) is 14.6. The van der Waals surface area contributed by atoms with Crippen molar-refractivity contribution in [1.29, 1.82) is 0 Å². The lowest BCUT2D eigenvalue weighted by molar-refractivity contribution is 0.752. The van der Waals surface area contributed by atoms with E-state index >= 15 is 0 Å². The van der Waals surface area contributed by atoms with Crippen LogP contribution < -0.4 is 9.80 Å². The summed E-state index contributed by atoms with van der Waals surface area (Å²) in [6.07, 6.45) is 0. The van der Waals surface area contributed by atoms with Crippen molar-refractivity contribution in [2.45, 2.75) is 5.41 Å². The Morgan fingerprint density at radius 1 is 0.316 bits per heavy atom. The molecule has 1 heterocycles. The zero-order valence-corrected chi connectivity index (χ0v) is 31.3. The summed E-state index contributed by atoms with van der Waals surface area (Å²) in [5.74, 6) is 0. The van der Waals surface area contributed by atoms with Gasteiger partial charge in [0.05, 0.1) is 22.5 Å². The van der Waals surface area contributed by atoms with Gasteiger partial charge in [-0.2, -0.15) is 0 Å². The van der Waals surface area contributed by atoms with Gasteiger partial charge < -0.3 is 9.80 Å². The first-order valence-electron chi connectivity index (χ1n) is 19.7. The van der Waals surface area contributed by atoms with Crippen LogP contribution in [-0.2, 0) is 5.41 Å². The molecule has 2 aliphatic rings. The number of rotatable bonds is 6. The van der Waals surface area contributed by atoms with Crippen molar-refractivity contribution in [1.82, 2.24) is 0 Å². The maximum Gasteiger partial charge on any atom is 0.0774 e. The smallest absolute Gasteiger partial charge is 0.0774 e. The Kier molecular flexibility index (Phi) is 7.75. The van der Waals surface area contributed by atoms with Gasteiger partial charge in [-0.1, -0.05) is 176 Å². The molecule has 57 heavy (non-hydrogen) atoms. The van der Waals surface area contributed by atoms with Gasteiger partial charge in [-0.3, -0.25) is 0 Å². The Morgan fingerprint density at radius 3 is 1.37 bits per heavy atom. The van der Waals surface area contributed by atoms with Crippen LogP contribution in [0.25, 0.3) is 33.4 Å². The van der Waals surface area contributed by atoms with Crippen molar-refractivity contribution in [3.05, 3.63) is 253 Å². The van der Waals surface area contributed by atoms with Crippen molar-refractivity contribution >= 4 is 34.1 Å². The summed E-state index contributed by atoms with van der Waals surface area (Å²) in [4.78, 5) is 4.91. The summed E-state index contributed by atoms with van der Waals surface area (Å²) in [6, 6.07) is 84.2. The quantitative estimate of drug-likeness (QED) is 0.168. The first-order chi connectivity index (χ1) is 28.3. The van der Waals surface area contributed by atoms with Crippen LogP contribution in [0.3, 0.4) is 0 Å². The molecule has 0 bridgehead atoms. The highest BCUT2D eigenvalue weighted by atomic mass is 15.2. The molecule has 1 aliphatic heterocycles. The van der Waals surface area contributed by atoms with Gasteiger partial charge in [0.25, 0.3) is 0 Å². The number of benzene rings is 9. The van der Waals surface area contributed by atoms with Gasteiger partial charge in [0, 0.05) is 22.6 Å². The van der Waals surface area contributed by atoms with Crippen molar-refractivity contribution in [3.63, 3.8) is 0 Å². The average Bonchev–Trinajstić information content (AvgIpc) is 3.59. The minimum absolute atomic E-state index is 0.589. The SMILES string of the molecule is c1ccc(-c2ccc(-c3ccc(N(c4ccccc4)c4cccc5c4C4(c6ccccc6-5)c5ccccc5N(c5ccccc5)c5ccccc54)cc3)cc2)cc1. The van der Waals surface area contributed by atoms with Crippen molar-refractivity contribution in [3.8, 4) is 33.4 Å². The number of hydrogen-bond acceptors (Lipinski definition) is 2. The van der Waals surface area contributed by atoms with E-state index in [1.165, 1.54) is 67.0 Å². The number of hydrogen-bond donors (Lipinski definition) is 0. The van der Waals surface area contributed by atoms with Crippen LogP contribution >= 0.6 is 0 Å². The molecule has 11 rings (SSSR count). The maximum atomic E-state index is 2.46. The van der Waals surface area contributed by atoms with Crippen LogP contribution in [-0.4, -0.2) is 0 Å². The van der Waals surface area contributed by atoms with Crippen molar-refractivity contribution in [2.75, 3.05) is 9.80 Å². The minimum atomic E-state index is -0.589. The summed E-state index contributed by atoms with van der Waals surface area (Å²) in [5, 5.41) is 0. The summed E-state index contributed by atoms with van der Waals surface area (Å²) >= 11 is 0. The first kappa shape index (κ1) is 33.0. The second-order valence-corrected chi connectivity index (χ2v) is 14.9. The largest absolute Gasteiger partial charge is 0.310 e. The molecule has 0 aromatic heterocycles. The van der Waals surface area contributed by atoms with Crippen LogP contribution in [0, 0.1) is 0 Å². The summed E-state index contributed by atoms with van der Waals surface area (Å²) in [5.41, 5.74) is 18.8. The van der Waals surface area contributed by atoms with Gasteiger partial charge in [0.15, 0.2) is 0 Å². The average molecular weight is 727 g/mol. The van der Waals surface area contributed by atoms with Gasteiger partial charge in [-0.25, -0.2) is 0 Å². The molecule has 1 spiro atoms. The van der Waals surface area contributed by atoms with Gasteiger partial charge in [0.1, 0.15) is 0 Å². The zero-order valence-electron chi connectivity index (χ0n) is 31.3. The van der Waals surface area contributed by atoms with Gasteiger partial charge in [-0.05, 0) is 105 Å². The van der Waals surface area contributed by atoms with Crippen molar-refractivity contribution < 1.29 is 0 Å². The lowest BCUT2D eigenvalue weighted by atomic mass is 9.64. The summed E-state index contributed by atoms with van der Waals surface area (Å²) in [6.45, 7) is 0. The Balaban J connectivity index is 1.13. The van der Waals surface area contributed by atoms with E-state index in [9.17, 15) is 0 Å². The molecule has 0 saturated carbocycles. The third-order valence-corrected chi connectivity index (χ3v) is 11.9. The fourth-order valence-electron chi connectivity index (χ4n) is 9.48. The zero-order chi connectivity index (χ0) is 37.8. The number of para-hydroxylation sites is 4. The molecule has 0 amide bonds. The molecule has 0 unspecified atom stereocenters. The van der Waals surface area contributed by atoms with E-state index in [2.05, 4.69) is 240 Å². The standard InChI is InChI=1S/C55H38N2/c1-4-17-39(18-5-1)40-31-33-41(34-32-40)42-35-37-45(38-36-42)56(43-19-6-2-7-20-43)53-30-16-24-47-46-23-10-11-25-48(46)55(54(47)53)49-26-12-14-28-51(49)57(44-21-8-3-9-22-44)52-29-15-13-27-50(52)55/h1-38H. The van der Waals surface area contributed by atoms with E-state index in [-0.39, 0.29) is 0 Å². The topological polar surface area (TPSA) is 6.48 Å². The van der Waals surface area contributed by atoms with E-state index < -0.39 is 5.41 Å². The Hall–Kier alpha value is -7.42. The minimum Gasteiger partial charge on any atom is -0.310 e. The molecule has 0 radical (unpaired) electrons. The highest BCUT2D eigenvalue weighted by molar-refractivity contribution is 6.00. The van der Waals surface area contributed by atoms with E-state index in [1.54, 1.807) is 0 Å². The molecule has 1 aliphatic carbocycles. The van der Waals surface area contributed by atoms with Crippen LogP contribution in [0.4, 0.5) is 34.1 Å².